The molecule has 106 valence electrons. The van der Waals surface area contributed by atoms with E-state index in [0.717, 1.165) is 24.2 Å². The summed E-state index contributed by atoms with van der Waals surface area (Å²) < 4.78 is 5.78. The summed E-state index contributed by atoms with van der Waals surface area (Å²) in [4.78, 5) is 15.0. The fourth-order valence-corrected chi connectivity index (χ4v) is 2.69. The average molecular weight is 290 g/mol. The van der Waals surface area contributed by atoms with E-state index >= 15 is 0 Å². The predicted octanol–water partition coefficient (Wildman–Crippen LogP) is 1.66. The van der Waals surface area contributed by atoms with Gasteiger partial charge in [-0.2, -0.15) is 0 Å². The van der Waals surface area contributed by atoms with E-state index in [2.05, 4.69) is 0 Å². The van der Waals surface area contributed by atoms with E-state index in [9.17, 15) is 4.79 Å². The van der Waals surface area contributed by atoms with E-state index in [4.69, 9.17) is 22.7 Å². The molecule has 0 aromatic heterocycles. The monoisotopic (exact) mass is 290 g/mol. The molecule has 1 aliphatic heterocycles. The summed E-state index contributed by atoms with van der Waals surface area (Å²) in [5, 5.41) is 0. The lowest BCUT2D eigenvalue weighted by atomic mass is 10.1. The van der Waals surface area contributed by atoms with Gasteiger partial charge in [-0.15, -0.1) is 0 Å². The molecule has 20 heavy (non-hydrogen) atoms. The Balaban J connectivity index is 1.67. The number of carbonyl (C=O) groups excluding carboxylic acids is 1. The maximum atomic E-state index is 12.6. The van der Waals surface area contributed by atoms with E-state index in [1.165, 1.54) is 0 Å². The first-order valence-corrected chi connectivity index (χ1v) is 7.39. The molecule has 0 saturated heterocycles. The van der Waals surface area contributed by atoms with Crippen LogP contribution in [0.4, 0.5) is 0 Å². The maximum absolute atomic E-state index is 12.6. The van der Waals surface area contributed by atoms with E-state index in [1.54, 1.807) is 0 Å². The number of benzene rings is 1. The molecule has 1 unspecified atom stereocenters. The number of carbonyl (C=O) groups is 1. The molecule has 0 radical (unpaired) electrons. The van der Waals surface area contributed by atoms with Gasteiger partial charge in [-0.25, -0.2) is 0 Å². The third-order valence-corrected chi connectivity index (χ3v) is 4.00. The molecule has 2 aliphatic rings. The van der Waals surface area contributed by atoms with Crippen LogP contribution >= 0.6 is 12.2 Å². The van der Waals surface area contributed by atoms with Crippen molar-refractivity contribution in [3.8, 4) is 5.75 Å². The Morgan fingerprint density at radius 2 is 2.15 bits per heavy atom. The van der Waals surface area contributed by atoms with Gasteiger partial charge in [0.2, 0.25) is 0 Å². The number of fused-ring (bicyclic) bond motifs is 1. The highest BCUT2D eigenvalue weighted by Crippen LogP contribution is 2.32. The third-order valence-electron chi connectivity index (χ3n) is 3.79. The van der Waals surface area contributed by atoms with Gasteiger partial charge in [0, 0.05) is 25.4 Å². The lowest BCUT2D eigenvalue weighted by Gasteiger charge is -2.25. The summed E-state index contributed by atoms with van der Waals surface area (Å²) >= 11 is 4.91. The molecular formula is C15H18N2O2S. The molecular weight excluding hydrogens is 272 g/mol. The number of thiocarbonyl (C=S) groups is 1. The van der Waals surface area contributed by atoms with E-state index in [0.29, 0.717) is 30.4 Å². The SMILES string of the molecule is NC(=S)CCN(C(=O)C1Cc2ccccc2O1)C1CC1. The summed E-state index contributed by atoms with van der Waals surface area (Å²) in [7, 11) is 0. The zero-order valence-electron chi connectivity index (χ0n) is 11.2. The van der Waals surface area contributed by atoms with Crippen LogP contribution in [0.1, 0.15) is 24.8 Å². The minimum atomic E-state index is -0.389. The zero-order valence-corrected chi connectivity index (χ0v) is 12.1. The molecule has 0 bridgehead atoms. The van der Waals surface area contributed by atoms with Crippen molar-refractivity contribution < 1.29 is 9.53 Å². The van der Waals surface area contributed by atoms with E-state index in [-0.39, 0.29) is 12.0 Å². The van der Waals surface area contributed by atoms with Crippen molar-refractivity contribution in [1.82, 2.24) is 4.90 Å². The van der Waals surface area contributed by atoms with Crippen molar-refractivity contribution in [2.24, 2.45) is 5.73 Å². The molecule has 1 amide bonds. The molecule has 1 atom stereocenters. The van der Waals surface area contributed by atoms with Crippen molar-refractivity contribution in [2.75, 3.05) is 6.54 Å². The summed E-state index contributed by atoms with van der Waals surface area (Å²) in [6.45, 7) is 0.606. The molecule has 1 fully saturated rings. The van der Waals surface area contributed by atoms with Crippen molar-refractivity contribution >= 4 is 23.1 Å². The van der Waals surface area contributed by atoms with Crippen LogP contribution in [0.2, 0.25) is 0 Å². The quantitative estimate of drug-likeness (QED) is 0.838. The van der Waals surface area contributed by atoms with E-state index < -0.39 is 0 Å². The molecule has 0 spiro atoms. The predicted molar refractivity (Wildman–Crippen MR) is 80.7 cm³/mol. The van der Waals surface area contributed by atoms with Crippen molar-refractivity contribution in [3.05, 3.63) is 29.8 Å². The number of rotatable bonds is 5. The van der Waals surface area contributed by atoms with Gasteiger partial charge in [0.1, 0.15) is 5.75 Å². The number of amides is 1. The highest BCUT2D eigenvalue weighted by Gasteiger charge is 2.38. The number of nitrogens with two attached hydrogens (primary N) is 1. The first kappa shape index (κ1) is 13.4. The third kappa shape index (κ3) is 2.77. The Hall–Kier alpha value is -1.62. The summed E-state index contributed by atoms with van der Waals surface area (Å²) in [5.74, 6) is 0.899. The Morgan fingerprint density at radius 1 is 1.40 bits per heavy atom. The fraction of sp³-hybridized carbons (Fsp3) is 0.467. The molecule has 1 aromatic carbocycles. The van der Waals surface area contributed by atoms with Crippen molar-refractivity contribution in [3.63, 3.8) is 0 Å². The van der Waals surface area contributed by atoms with Crippen molar-refractivity contribution in [2.45, 2.75) is 37.8 Å². The number of hydrogen-bond donors (Lipinski definition) is 1. The molecule has 2 N–H and O–H groups in total. The average Bonchev–Trinajstić information content (AvgIpc) is 3.16. The zero-order chi connectivity index (χ0) is 14.1. The van der Waals surface area contributed by atoms with Crippen molar-refractivity contribution in [1.29, 1.82) is 0 Å². The van der Waals surface area contributed by atoms with Crippen LogP contribution in [0.3, 0.4) is 0 Å². The second-order valence-electron chi connectivity index (χ2n) is 5.40. The Morgan fingerprint density at radius 3 is 2.80 bits per heavy atom. The standard InChI is InChI=1S/C15H18N2O2S/c16-14(20)7-8-17(11-5-6-11)15(18)13-9-10-3-1-2-4-12(10)19-13/h1-4,11,13H,5-9H2,(H2,16,20). The maximum Gasteiger partial charge on any atom is 0.264 e. The van der Waals surface area contributed by atoms with Crippen LogP contribution in [0.15, 0.2) is 24.3 Å². The minimum Gasteiger partial charge on any atom is -0.480 e. The van der Waals surface area contributed by atoms with Gasteiger partial charge in [0.05, 0.1) is 4.99 Å². The molecule has 1 heterocycles. The van der Waals surface area contributed by atoms with Gasteiger partial charge in [-0.05, 0) is 24.5 Å². The number of para-hydroxylation sites is 1. The highest BCUT2D eigenvalue weighted by atomic mass is 32.1. The Bertz CT molecular complexity index is 517. The summed E-state index contributed by atoms with van der Waals surface area (Å²) in [6.07, 6.45) is 2.99. The van der Waals surface area contributed by atoms with Crippen LogP contribution < -0.4 is 10.5 Å². The fourth-order valence-electron chi connectivity index (χ4n) is 2.59. The van der Waals surface area contributed by atoms with Gasteiger partial charge < -0.3 is 15.4 Å². The van der Waals surface area contributed by atoms with Gasteiger partial charge in [0.25, 0.3) is 5.91 Å². The molecule has 1 saturated carbocycles. The van der Waals surface area contributed by atoms with Gasteiger partial charge in [-0.1, -0.05) is 30.4 Å². The van der Waals surface area contributed by atoms with Gasteiger partial charge in [0.15, 0.2) is 6.10 Å². The van der Waals surface area contributed by atoms with Crippen LogP contribution in [-0.2, 0) is 11.2 Å². The van der Waals surface area contributed by atoms with Crippen LogP contribution in [0, 0.1) is 0 Å². The summed E-state index contributed by atoms with van der Waals surface area (Å²) in [6, 6.07) is 8.18. The smallest absolute Gasteiger partial charge is 0.264 e. The summed E-state index contributed by atoms with van der Waals surface area (Å²) in [5.41, 5.74) is 6.65. The van der Waals surface area contributed by atoms with Gasteiger partial charge in [-0.3, -0.25) is 4.79 Å². The topological polar surface area (TPSA) is 55.6 Å². The molecule has 1 aromatic rings. The van der Waals surface area contributed by atoms with E-state index in [1.807, 2.05) is 29.2 Å². The molecule has 4 nitrogen and oxygen atoms in total. The normalized spacial score (nSPS) is 20.1. The number of nitrogens with zero attached hydrogens (tertiary/aromatic N) is 1. The van der Waals surface area contributed by atoms with Crippen LogP contribution in [-0.4, -0.2) is 34.5 Å². The highest BCUT2D eigenvalue weighted by molar-refractivity contribution is 7.80. The first-order valence-electron chi connectivity index (χ1n) is 6.98. The molecule has 3 rings (SSSR count). The van der Waals surface area contributed by atoms with Gasteiger partial charge >= 0.3 is 0 Å². The van der Waals surface area contributed by atoms with Crippen LogP contribution in [0.5, 0.6) is 5.75 Å². The lowest BCUT2D eigenvalue weighted by molar-refractivity contribution is -0.138. The minimum absolute atomic E-state index is 0.0694. The number of ether oxygens (including phenoxy) is 1. The largest absolute Gasteiger partial charge is 0.480 e. The van der Waals surface area contributed by atoms with Crippen LogP contribution in [0.25, 0.3) is 0 Å². The first-order chi connectivity index (χ1) is 9.65. The molecule has 1 aliphatic carbocycles. The number of hydrogen-bond acceptors (Lipinski definition) is 3. The molecule has 5 heteroatoms. The lowest BCUT2D eigenvalue weighted by Crippen LogP contribution is -2.43. The Kier molecular flexibility index (Phi) is 3.61. The second-order valence-corrected chi connectivity index (χ2v) is 5.92. The Labute approximate surface area is 123 Å². The second kappa shape index (κ2) is 5.40.